The summed E-state index contributed by atoms with van der Waals surface area (Å²) in [5.41, 5.74) is 5.82. The Kier molecular flexibility index (Phi) is 42.9. The Bertz CT molecular complexity index is 1030. The van der Waals surface area contributed by atoms with Crippen LogP contribution in [-0.2, 0) is 92.7 Å². The van der Waals surface area contributed by atoms with Gasteiger partial charge in [-0.15, -0.1) is 0 Å². The number of aryl methyl sites for hydroxylation is 4. The van der Waals surface area contributed by atoms with Crippen molar-refractivity contribution in [2.75, 3.05) is 24.6 Å². The third kappa shape index (κ3) is 29.5. The molecule has 0 spiro atoms. The molecule has 0 N–H and O–H groups in total. The molecule has 0 nitrogen and oxygen atoms in total. The predicted octanol–water partition coefficient (Wildman–Crippen LogP) is 17.7. The third-order valence-corrected chi connectivity index (χ3v) is 18.3. The van der Waals surface area contributed by atoms with Crippen molar-refractivity contribution in [3.8, 4) is 0 Å². The van der Waals surface area contributed by atoms with E-state index >= 15 is 0 Å². The van der Waals surface area contributed by atoms with E-state index in [2.05, 4.69) is 79.7 Å². The molecule has 0 bridgehead atoms. The number of benzene rings is 2. The number of hydrogen-bond donors (Lipinski definition) is 0. The Morgan fingerprint density at radius 2 is 0.483 bits per heavy atom. The van der Waals surface area contributed by atoms with Crippen LogP contribution in [-0.4, -0.2) is 24.6 Å². The summed E-state index contributed by atoms with van der Waals surface area (Å²) >= 11 is 21.4. The standard InChI is InChI=1S/2C18H30S2.C16H36P.Ni/c2*1-3-5-7-9-11-15-13-17(19)18(20)14-16(15)12-10-8-6-4-2;1-5-9-13-17(14-10-6-2,15-11-7-3)16-12-8-4;/h2*13-14,19-20H,3-12H2,1-2H3;5-16H2,1-4H3;/q;;+1;/p-4. The molecule has 58 heavy (non-hydrogen) atoms. The molecule has 0 fully saturated rings. The molecule has 0 unspecified atom stereocenters. The number of unbranched alkanes of at least 4 members (excludes halogenated alkanes) is 16. The van der Waals surface area contributed by atoms with Gasteiger partial charge in [-0.3, -0.25) is 0 Å². The fraction of sp³-hybridized carbons (Fsp3) is 0.769. The van der Waals surface area contributed by atoms with Gasteiger partial charge >= 0.3 is 0 Å². The fourth-order valence-electron chi connectivity index (χ4n) is 7.83. The molecular weight excluding hydrogens is 843 g/mol. The molecule has 0 aliphatic rings. The molecule has 0 saturated carbocycles. The van der Waals surface area contributed by atoms with Gasteiger partial charge in [0.05, 0.1) is 24.6 Å². The minimum absolute atomic E-state index is 0. The van der Waals surface area contributed by atoms with E-state index in [4.69, 9.17) is 50.5 Å². The van der Waals surface area contributed by atoms with E-state index in [1.165, 1.54) is 202 Å². The SMILES string of the molecule is CCCCCCc1cc([S-])c([S-])cc1CCCCCC.CCCCCCc1cc([S-])c([S-])cc1CCCCCC.CCCC[P+](CCCC)(CCCC)CCCC.[Ni]. The van der Waals surface area contributed by atoms with Crippen LogP contribution in [0.4, 0.5) is 0 Å². The van der Waals surface area contributed by atoms with Gasteiger partial charge in [-0.1, -0.05) is 182 Å². The van der Waals surface area contributed by atoms with Crippen LogP contribution in [0.1, 0.15) is 232 Å². The van der Waals surface area contributed by atoms with E-state index in [-0.39, 0.29) is 16.5 Å². The second kappa shape index (κ2) is 41.3. The van der Waals surface area contributed by atoms with Crippen molar-refractivity contribution >= 4 is 57.8 Å². The van der Waals surface area contributed by atoms with E-state index in [9.17, 15) is 0 Å². The van der Waals surface area contributed by atoms with Crippen LogP contribution in [0, 0.1) is 0 Å². The maximum Gasteiger partial charge on any atom is 0.0594 e. The quantitative estimate of drug-likeness (QED) is 0.0310. The molecule has 0 atom stereocenters. The zero-order chi connectivity index (χ0) is 42.6. The summed E-state index contributed by atoms with van der Waals surface area (Å²) in [6, 6.07) is 8.66. The number of rotatable bonds is 32. The Morgan fingerprint density at radius 1 is 0.293 bits per heavy atom. The summed E-state index contributed by atoms with van der Waals surface area (Å²) in [5.74, 6) is 0. The first-order valence-electron chi connectivity index (χ1n) is 24.5. The van der Waals surface area contributed by atoms with Crippen LogP contribution in [0.2, 0.25) is 0 Å². The number of hydrogen-bond acceptors (Lipinski definition) is 4. The van der Waals surface area contributed by atoms with Crippen molar-refractivity contribution in [1.29, 1.82) is 0 Å². The van der Waals surface area contributed by atoms with E-state index < -0.39 is 7.26 Å². The zero-order valence-electron chi connectivity index (χ0n) is 39.3. The van der Waals surface area contributed by atoms with Crippen LogP contribution >= 0.6 is 7.26 Å². The smallest absolute Gasteiger partial charge is 0.0594 e. The fourth-order valence-corrected chi connectivity index (χ4v) is 13.9. The minimum Gasteiger partial charge on any atom is -0.781 e. The Balaban J connectivity index is 0. The van der Waals surface area contributed by atoms with Gasteiger partial charge in [-0.25, -0.2) is 0 Å². The summed E-state index contributed by atoms with van der Waals surface area (Å²) in [5, 5.41) is 0. The largest absolute Gasteiger partial charge is 0.781 e. The maximum absolute atomic E-state index is 5.35. The van der Waals surface area contributed by atoms with Crippen molar-refractivity contribution in [2.24, 2.45) is 0 Å². The van der Waals surface area contributed by atoms with Crippen molar-refractivity contribution in [1.82, 2.24) is 0 Å². The van der Waals surface area contributed by atoms with Gasteiger partial charge in [0.25, 0.3) is 0 Å². The van der Waals surface area contributed by atoms with Gasteiger partial charge in [-0.2, -0.15) is 19.6 Å². The maximum atomic E-state index is 5.35. The molecule has 0 aliphatic carbocycles. The predicted molar refractivity (Wildman–Crippen MR) is 273 cm³/mol. The van der Waals surface area contributed by atoms with Crippen LogP contribution < -0.4 is 0 Å². The molecule has 0 aliphatic heterocycles. The monoisotopic (exact) mass is 934 g/mol. The molecule has 0 radical (unpaired) electrons. The van der Waals surface area contributed by atoms with E-state index in [0.29, 0.717) is 0 Å². The molecule has 0 amide bonds. The van der Waals surface area contributed by atoms with E-state index in [1.807, 2.05) is 0 Å². The first kappa shape index (κ1) is 60.3. The summed E-state index contributed by atoms with van der Waals surface area (Å²) in [7, 11) is -0.562. The molecule has 0 saturated heterocycles. The van der Waals surface area contributed by atoms with Crippen LogP contribution in [0.3, 0.4) is 0 Å². The van der Waals surface area contributed by atoms with Gasteiger partial charge in [0.1, 0.15) is 0 Å². The third-order valence-electron chi connectivity index (χ3n) is 11.7. The normalized spacial score (nSPS) is 11.0. The summed E-state index contributed by atoms with van der Waals surface area (Å²) in [6.07, 6.45) is 43.6. The topological polar surface area (TPSA) is 0 Å². The minimum atomic E-state index is -0.562. The molecule has 0 heterocycles. The Morgan fingerprint density at radius 3 is 0.655 bits per heavy atom. The molecule has 0 aromatic heterocycles. The summed E-state index contributed by atoms with van der Waals surface area (Å²) in [6.45, 7) is 18.4. The van der Waals surface area contributed by atoms with Crippen LogP contribution in [0.5, 0.6) is 0 Å². The van der Waals surface area contributed by atoms with Gasteiger partial charge in [0, 0.05) is 23.8 Å². The van der Waals surface area contributed by atoms with Gasteiger partial charge < -0.3 is 50.5 Å². The average molecular weight is 935 g/mol. The van der Waals surface area contributed by atoms with Gasteiger partial charge in [0.2, 0.25) is 0 Å². The second-order valence-electron chi connectivity index (χ2n) is 17.0. The average Bonchev–Trinajstić information content (AvgIpc) is 3.21. The molecule has 342 valence electrons. The first-order valence-corrected chi connectivity index (χ1v) is 28.6. The van der Waals surface area contributed by atoms with Gasteiger partial charge in [-0.05, 0) is 99.3 Å². The zero-order valence-corrected chi connectivity index (χ0v) is 44.5. The Labute approximate surface area is 397 Å². The van der Waals surface area contributed by atoms with Gasteiger partial charge in [0.15, 0.2) is 0 Å². The van der Waals surface area contributed by atoms with E-state index in [0.717, 1.165) is 19.6 Å². The first-order chi connectivity index (χ1) is 27.6. The molecule has 2 aromatic rings. The van der Waals surface area contributed by atoms with Crippen molar-refractivity contribution < 1.29 is 16.5 Å². The summed E-state index contributed by atoms with van der Waals surface area (Å²) < 4.78 is 0. The second-order valence-corrected chi connectivity index (χ2v) is 23.3. The van der Waals surface area contributed by atoms with Crippen LogP contribution in [0.15, 0.2) is 43.8 Å². The molecular formula is C52H92NiPS4-3. The van der Waals surface area contributed by atoms with Crippen molar-refractivity contribution in [2.45, 2.75) is 255 Å². The molecule has 6 heteroatoms. The Hall–Kier alpha value is 0.244. The molecule has 2 rings (SSSR count). The molecule has 2 aromatic carbocycles. The van der Waals surface area contributed by atoms with E-state index in [1.54, 1.807) is 24.6 Å². The van der Waals surface area contributed by atoms with Crippen LogP contribution in [0.25, 0.3) is 0 Å². The van der Waals surface area contributed by atoms with Crippen molar-refractivity contribution in [3.05, 3.63) is 46.5 Å². The van der Waals surface area contributed by atoms with Crippen molar-refractivity contribution in [3.63, 3.8) is 0 Å². The summed E-state index contributed by atoms with van der Waals surface area (Å²) in [4.78, 5) is 3.45.